The largest absolute Gasteiger partial charge is 0.490 e. The average molecular weight is 335 g/mol. The molecule has 2 aliphatic rings. The summed E-state index contributed by atoms with van der Waals surface area (Å²) >= 11 is 0. The van der Waals surface area contributed by atoms with Crippen molar-refractivity contribution in [3.8, 4) is 5.75 Å². The van der Waals surface area contributed by atoms with Crippen molar-refractivity contribution in [3.05, 3.63) is 58.7 Å². The van der Waals surface area contributed by atoms with E-state index in [0.29, 0.717) is 6.10 Å². The van der Waals surface area contributed by atoms with E-state index < -0.39 is 0 Å². The van der Waals surface area contributed by atoms with Crippen LogP contribution < -0.4 is 9.64 Å². The highest BCUT2D eigenvalue weighted by Crippen LogP contribution is 2.30. The molecular formula is C23H29NO. The van der Waals surface area contributed by atoms with Crippen molar-refractivity contribution in [2.75, 3.05) is 11.4 Å². The molecule has 1 saturated carbocycles. The van der Waals surface area contributed by atoms with Gasteiger partial charge in [0.15, 0.2) is 0 Å². The molecule has 2 heteroatoms. The van der Waals surface area contributed by atoms with Gasteiger partial charge in [0.05, 0.1) is 6.10 Å². The van der Waals surface area contributed by atoms with Crippen LogP contribution in [0.1, 0.15) is 54.4 Å². The first-order valence-electron chi connectivity index (χ1n) is 9.79. The summed E-state index contributed by atoms with van der Waals surface area (Å²) in [4.78, 5) is 2.53. The normalized spacial score (nSPS) is 18.1. The van der Waals surface area contributed by atoms with Crippen molar-refractivity contribution in [3.63, 3.8) is 0 Å². The fourth-order valence-corrected chi connectivity index (χ4v) is 4.36. The molecule has 25 heavy (non-hydrogen) atoms. The number of hydrogen-bond donors (Lipinski definition) is 0. The number of rotatable bonds is 3. The monoisotopic (exact) mass is 335 g/mol. The number of hydrogen-bond acceptors (Lipinski definition) is 2. The van der Waals surface area contributed by atoms with Crippen LogP contribution >= 0.6 is 0 Å². The van der Waals surface area contributed by atoms with Gasteiger partial charge in [-0.15, -0.1) is 0 Å². The van der Waals surface area contributed by atoms with Gasteiger partial charge >= 0.3 is 0 Å². The molecule has 4 rings (SSSR count). The van der Waals surface area contributed by atoms with Crippen LogP contribution in [0.2, 0.25) is 0 Å². The van der Waals surface area contributed by atoms with Gasteiger partial charge in [-0.05, 0) is 98.9 Å². The fraction of sp³-hybridized carbons (Fsp3) is 0.478. The molecule has 0 bridgehead atoms. The Kier molecular flexibility index (Phi) is 4.70. The third kappa shape index (κ3) is 3.84. The minimum atomic E-state index is 0.440. The smallest absolute Gasteiger partial charge is 0.120 e. The molecule has 0 unspecified atom stereocenters. The maximum Gasteiger partial charge on any atom is 0.120 e. The van der Waals surface area contributed by atoms with Crippen molar-refractivity contribution < 1.29 is 4.74 Å². The molecular weight excluding hydrogens is 306 g/mol. The molecule has 2 nitrogen and oxygen atoms in total. The minimum Gasteiger partial charge on any atom is -0.490 e. The maximum absolute atomic E-state index is 6.21. The molecule has 0 amide bonds. The van der Waals surface area contributed by atoms with E-state index in [1.165, 1.54) is 60.0 Å². The van der Waals surface area contributed by atoms with Gasteiger partial charge in [-0.1, -0.05) is 12.1 Å². The Morgan fingerprint density at radius 3 is 2.40 bits per heavy atom. The Balaban J connectivity index is 1.54. The third-order valence-corrected chi connectivity index (χ3v) is 5.59. The SMILES string of the molecule is Cc1cc(C)cc(N2CCCc3cc(OC4CCCC4)ccc3C2)c1. The molecule has 0 radical (unpaired) electrons. The average Bonchev–Trinajstić information content (AvgIpc) is 2.98. The summed E-state index contributed by atoms with van der Waals surface area (Å²) in [7, 11) is 0. The second kappa shape index (κ2) is 7.11. The highest BCUT2D eigenvalue weighted by atomic mass is 16.5. The quantitative estimate of drug-likeness (QED) is 0.726. The number of benzene rings is 2. The Morgan fingerprint density at radius 2 is 1.64 bits per heavy atom. The molecule has 0 aromatic heterocycles. The summed E-state index contributed by atoms with van der Waals surface area (Å²) in [5.74, 6) is 1.07. The standard InChI is InChI=1S/C23H29NO/c1-17-12-18(2)14-21(13-17)24-11-5-6-19-15-23(10-9-20(19)16-24)25-22-7-3-4-8-22/h9-10,12-15,22H,3-8,11,16H2,1-2H3. The molecule has 2 aromatic carbocycles. The van der Waals surface area contributed by atoms with Gasteiger partial charge in [-0.2, -0.15) is 0 Å². The maximum atomic E-state index is 6.21. The van der Waals surface area contributed by atoms with Crippen LogP contribution in [0.5, 0.6) is 5.75 Å². The van der Waals surface area contributed by atoms with Crippen LogP contribution in [0.4, 0.5) is 5.69 Å². The van der Waals surface area contributed by atoms with Gasteiger partial charge in [0.2, 0.25) is 0 Å². The summed E-state index contributed by atoms with van der Waals surface area (Å²) in [6, 6.07) is 13.7. The van der Waals surface area contributed by atoms with Crippen molar-refractivity contribution in [2.24, 2.45) is 0 Å². The molecule has 0 atom stereocenters. The molecule has 1 aliphatic heterocycles. The summed E-state index contributed by atoms with van der Waals surface area (Å²) in [6.07, 6.45) is 7.87. The lowest BCUT2D eigenvalue weighted by Crippen LogP contribution is -2.22. The van der Waals surface area contributed by atoms with Crippen LogP contribution in [-0.2, 0) is 13.0 Å². The first-order valence-corrected chi connectivity index (χ1v) is 9.79. The van der Waals surface area contributed by atoms with E-state index in [9.17, 15) is 0 Å². The van der Waals surface area contributed by atoms with E-state index >= 15 is 0 Å². The lowest BCUT2D eigenvalue weighted by atomic mass is 10.0. The van der Waals surface area contributed by atoms with Crippen LogP contribution in [0, 0.1) is 13.8 Å². The van der Waals surface area contributed by atoms with Crippen molar-refractivity contribution in [2.45, 2.75) is 65.0 Å². The Labute approximate surface area is 151 Å². The third-order valence-electron chi connectivity index (χ3n) is 5.59. The molecule has 1 aliphatic carbocycles. The number of anilines is 1. The van der Waals surface area contributed by atoms with Gasteiger partial charge < -0.3 is 9.64 Å². The van der Waals surface area contributed by atoms with E-state index in [2.05, 4.69) is 55.1 Å². The Hall–Kier alpha value is -1.96. The number of aryl methyl sites for hydroxylation is 3. The van der Waals surface area contributed by atoms with Crippen LogP contribution in [0.25, 0.3) is 0 Å². The van der Waals surface area contributed by atoms with Crippen molar-refractivity contribution in [1.29, 1.82) is 0 Å². The lowest BCUT2D eigenvalue weighted by Gasteiger charge is -2.24. The van der Waals surface area contributed by atoms with Crippen molar-refractivity contribution in [1.82, 2.24) is 0 Å². The highest BCUT2D eigenvalue weighted by molar-refractivity contribution is 5.52. The summed E-state index contributed by atoms with van der Waals surface area (Å²) in [6.45, 7) is 6.50. The fourth-order valence-electron chi connectivity index (χ4n) is 4.36. The lowest BCUT2D eigenvalue weighted by molar-refractivity contribution is 0.210. The number of ether oxygens (including phenoxy) is 1. The molecule has 0 N–H and O–H groups in total. The van der Waals surface area contributed by atoms with Gasteiger partial charge in [0, 0.05) is 18.8 Å². The Morgan fingerprint density at radius 1 is 0.880 bits per heavy atom. The van der Waals surface area contributed by atoms with E-state index in [1.54, 1.807) is 0 Å². The summed E-state index contributed by atoms with van der Waals surface area (Å²) in [5, 5.41) is 0. The molecule has 132 valence electrons. The van der Waals surface area contributed by atoms with Gasteiger partial charge in [0.25, 0.3) is 0 Å². The second-order valence-electron chi connectivity index (χ2n) is 7.83. The zero-order valence-corrected chi connectivity index (χ0v) is 15.6. The molecule has 0 spiro atoms. The molecule has 1 heterocycles. The van der Waals surface area contributed by atoms with Crippen molar-refractivity contribution >= 4 is 5.69 Å². The number of nitrogens with zero attached hydrogens (tertiary/aromatic N) is 1. The van der Waals surface area contributed by atoms with Crippen LogP contribution in [0.3, 0.4) is 0 Å². The highest BCUT2D eigenvalue weighted by Gasteiger charge is 2.19. The topological polar surface area (TPSA) is 12.5 Å². The van der Waals surface area contributed by atoms with Crippen LogP contribution in [0.15, 0.2) is 36.4 Å². The minimum absolute atomic E-state index is 0.440. The van der Waals surface area contributed by atoms with Gasteiger partial charge in [-0.25, -0.2) is 0 Å². The zero-order valence-electron chi connectivity index (χ0n) is 15.6. The first kappa shape index (κ1) is 16.5. The number of fused-ring (bicyclic) bond motifs is 1. The summed E-state index contributed by atoms with van der Waals surface area (Å²) < 4.78 is 6.21. The Bertz CT molecular complexity index is 726. The van der Waals surface area contributed by atoms with E-state index in [1.807, 2.05) is 0 Å². The van der Waals surface area contributed by atoms with Gasteiger partial charge in [-0.3, -0.25) is 0 Å². The van der Waals surface area contributed by atoms with E-state index in [0.717, 1.165) is 25.3 Å². The zero-order chi connectivity index (χ0) is 17.2. The molecule has 2 aromatic rings. The van der Waals surface area contributed by atoms with E-state index in [4.69, 9.17) is 4.74 Å². The molecule has 0 saturated heterocycles. The summed E-state index contributed by atoms with van der Waals surface area (Å²) in [5.41, 5.74) is 6.98. The first-order chi connectivity index (χ1) is 12.2. The molecule has 1 fully saturated rings. The second-order valence-corrected chi connectivity index (χ2v) is 7.83. The van der Waals surface area contributed by atoms with E-state index in [-0.39, 0.29) is 0 Å². The van der Waals surface area contributed by atoms with Crippen LogP contribution in [-0.4, -0.2) is 12.6 Å². The van der Waals surface area contributed by atoms with Gasteiger partial charge in [0.1, 0.15) is 5.75 Å². The predicted molar refractivity (Wildman–Crippen MR) is 105 cm³/mol. The predicted octanol–water partition coefficient (Wildman–Crippen LogP) is 5.58.